The third kappa shape index (κ3) is 4.93. The van der Waals surface area contributed by atoms with E-state index in [0.29, 0.717) is 0 Å². The van der Waals surface area contributed by atoms with Crippen LogP contribution in [0.4, 0.5) is 0 Å². The maximum absolute atomic E-state index is 11.2. The summed E-state index contributed by atoms with van der Waals surface area (Å²) in [6, 6.07) is 14.7. The molecular formula is C15H17BrN2O2S. The van der Waals surface area contributed by atoms with Crippen LogP contribution in [0.1, 0.15) is 11.1 Å². The Balaban J connectivity index is 1.83. The first-order valence-corrected chi connectivity index (χ1v) is 8.86. The number of benzene rings is 2. The fourth-order valence-corrected chi connectivity index (χ4v) is 2.88. The molecule has 2 aromatic carbocycles. The first-order valence-electron chi connectivity index (χ1n) is 6.53. The van der Waals surface area contributed by atoms with E-state index in [1.54, 1.807) is 24.3 Å². The van der Waals surface area contributed by atoms with E-state index in [4.69, 9.17) is 5.14 Å². The van der Waals surface area contributed by atoms with E-state index in [1.807, 2.05) is 18.2 Å². The lowest BCUT2D eigenvalue weighted by Crippen LogP contribution is -2.17. The summed E-state index contributed by atoms with van der Waals surface area (Å²) in [6.45, 7) is 1.60. The van der Waals surface area contributed by atoms with E-state index in [9.17, 15) is 8.42 Å². The van der Waals surface area contributed by atoms with E-state index in [2.05, 4.69) is 27.3 Å². The standard InChI is InChI=1S/C15H17BrN2O2S/c16-15-4-2-1-3-13(15)11-18-10-9-12-5-7-14(8-6-12)21(17,19)20/h1-8,18H,9-11H2,(H2,17,19,20). The van der Waals surface area contributed by atoms with Crippen molar-refractivity contribution in [3.8, 4) is 0 Å². The first-order chi connectivity index (χ1) is 9.97. The Labute approximate surface area is 133 Å². The molecule has 0 aliphatic heterocycles. The van der Waals surface area contributed by atoms with Gasteiger partial charge in [0, 0.05) is 11.0 Å². The summed E-state index contributed by atoms with van der Waals surface area (Å²) in [4.78, 5) is 0.146. The lowest BCUT2D eigenvalue weighted by Gasteiger charge is -2.07. The molecule has 0 saturated carbocycles. The molecular weight excluding hydrogens is 352 g/mol. The quantitative estimate of drug-likeness (QED) is 0.769. The molecule has 2 rings (SSSR count). The van der Waals surface area contributed by atoms with Gasteiger partial charge in [0.15, 0.2) is 0 Å². The average Bonchev–Trinajstić information content (AvgIpc) is 2.45. The third-order valence-electron chi connectivity index (χ3n) is 3.12. The summed E-state index contributed by atoms with van der Waals surface area (Å²) in [6.07, 6.45) is 0.829. The van der Waals surface area contributed by atoms with Crippen LogP contribution in [0.3, 0.4) is 0 Å². The molecule has 0 spiro atoms. The van der Waals surface area contributed by atoms with Gasteiger partial charge in [0.25, 0.3) is 0 Å². The van der Waals surface area contributed by atoms with E-state index < -0.39 is 10.0 Å². The molecule has 0 fully saturated rings. The Bertz CT molecular complexity index is 700. The highest BCUT2D eigenvalue weighted by Gasteiger charge is 2.06. The van der Waals surface area contributed by atoms with Crippen molar-refractivity contribution >= 4 is 26.0 Å². The topological polar surface area (TPSA) is 72.2 Å². The van der Waals surface area contributed by atoms with Gasteiger partial charge < -0.3 is 5.32 Å². The Morgan fingerprint density at radius 2 is 1.71 bits per heavy atom. The highest BCUT2D eigenvalue weighted by molar-refractivity contribution is 9.10. The van der Waals surface area contributed by atoms with Crippen LogP contribution >= 0.6 is 15.9 Å². The van der Waals surface area contributed by atoms with Gasteiger partial charge in [-0.05, 0) is 42.3 Å². The summed E-state index contributed by atoms with van der Waals surface area (Å²) in [5.74, 6) is 0. The molecule has 6 heteroatoms. The van der Waals surface area contributed by atoms with Gasteiger partial charge >= 0.3 is 0 Å². The lowest BCUT2D eigenvalue weighted by atomic mass is 10.1. The number of nitrogens with one attached hydrogen (secondary N) is 1. The largest absolute Gasteiger partial charge is 0.312 e. The second-order valence-electron chi connectivity index (χ2n) is 4.71. The predicted molar refractivity (Wildman–Crippen MR) is 87.4 cm³/mol. The second kappa shape index (κ2) is 7.17. The van der Waals surface area contributed by atoms with Crippen molar-refractivity contribution in [2.24, 2.45) is 5.14 Å². The van der Waals surface area contributed by atoms with Crippen molar-refractivity contribution in [3.05, 3.63) is 64.1 Å². The minimum atomic E-state index is -3.61. The van der Waals surface area contributed by atoms with E-state index in [1.165, 1.54) is 5.56 Å². The summed E-state index contributed by atoms with van der Waals surface area (Å²) in [7, 11) is -3.61. The minimum absolute atomic E-state index is 0.146. The monoisotopic (exact) mass is 368 g/mol. The summed E-state index contributed by atoms with van der Waals surface area (Å²) in [5, 5.41) is 8.43. The molecule has 21 heavy (non-hydrogen) atoms. The van der Waals surface area contributed by atoms with Gasteiger partial charge in [0.2, 0.25) is 10.0 Å². The van der Waals surface area contributed by atoms with Crippen molar-refractivity contribution in [1.29, 1.82) is 0 Å². The van der Waals surface area contributed by atoms with Crippen molar-refractivity contribution in [2.45, 2.75) is 17.9 Å². The van der Waals surface area contributed by atoms with Gasteiger partial charge in [-0.25, -0.2) is 13.6 Å². The van der Waals surface area contributed by atoms with Crippen LogP contribution in [-0.2, 0) is 23.0 Å². The van der Waals surface area contributed by atoms with Gasteiger partial charge in [0.1, 0.15) is 0 Å². The van der Waals surface area contributed by atoms with Crippen molar-refractivity contribution in [1.82, 2.24) is 5.32 Å². The molecule has 0 saturated heterocycles. The Hall–Kier alpha value is -1.21. The number of primary sulfonamides is 1. The van der Waals surface area contributed by atoms with Crippen LogP contribution in [0.25, 0.3) is 0 Å². The summed E-state index contributed by atoms with van der Waals surface area (Å²) in [5.41, 5.74) is 2.28. The van der Waals surface area contributed by atoms with Gasteiger partial charge in [-0.3, -0.25) is 0 Å². The molecule has 4 nitrogen and oxygen atoms in total. The molecule has 0 aliphatic rings. The first kappa shape index (κ1) is 16.2. The Morgan fingerprint density at radius 1 is 1.05 bits per heavy atom. The molecule has 0 amide bonds. The molecule has 0 radical (unpaired) electrons. The average molecular weight is 369 g/mol. The van der Waals surface area contributed by atoms with Crippen LogP contribution in [0.2, 0.25) is 0 Å². The van der Waals surface area contributed by atoms with Crippen LogP contribution in [0, 0.1) is 0 Å². The number of hydrogen-bond donors (Lipinski definition) is 2. The number of nitrogens with two attached hydrogens (primary N) is 1. The molecule has 0 atom stereocenters. The SMILES string of the molecule is NS(=O)(=O)c1ccc(CCNCc2ccccc2Br)cc1. The molecule has 2 aromatic rings. The van der Waals surface area contributed by atoms with Crippen LogP contribution in [-0.4, -0.2) is 15.0 Å². The zero-order valence-electron chi connectivity index (χ0n) is 11.4. The van der Waals surface area contributed by atoms with Gasteiger partial charge in [0.05, 0.1) is 4.90 Å². The van der Waals surface area contributed by atoms with Crippen LogP contribution in [0.5, 0.6) is 0 Å². The minimum Gasteiger partial charge on any atom is -0.312 e. The fourth-order valence-electron chi connectivity index (χ4n) is 1.94. The summed E-state index contributed by atoms with van der Waals surface area (Å²) < 4.78 is 23.4. The van der Waals surface area contributed by atoms with Gasteiger partial charge in [-0.1, -0.05) is 46.3 Å². The van der Waals surface area contributed by atoms with E-state index >= 15 is 0 Å². The van der Waals surface area contributed by atoms with Gasteiger partial charge in [-0.2, -0.15) is 0 Å². The van der Waals surface area contributed by atoms with E-state index in [-0.39, 0.29) is 4.90 Å². The van der Waals surface area contributed by atoms with Crippen molar-refractivity contribution in [2.75, 3.05) is 6.54 Å². The third-order valence-corrected chi connectivity index (χ3v) is 4.82. The Morgan fingerprint density at radius 3 is 2.33 bits per heavy atom. The smallest absolute Gasteiger partial charge is 0.238 e. The molecule has 3 N–H and O–H groups in total. The molecule has 0 bridgehead atoms. The fraction of sp³-hybridized carbons (Fsp3) is 0.200. The number of halogens is 1. The molecule has 0 heterocycles. The van der Waals surface area contributed by atoms with E-state index in [0.717, 1.165) is 29.5 Å². The predicted octanol–water partition coefficient (Wildman–Crippen LogP) is 2.43. The maximum Gasteiger partial charge on any atom is 0.238 e. The second-order valence-corrected chi connectivity index (χ2v) is 7.12. The normalized spacial score (nSPS) is 11.5. The lowest BCUT2D eigenvalue weighted by molar-refractivity contribution is 0.597. The van der Waals surface area contributed by atoms with Crippen LogP contribution in [0.15, 0.2) is 57.9 Å². The van der Waals surface area contributed by atoms with Crippen molar-refractivity contribution in [3.63, 3.8) is 0 Å². The molecule has 112 valence electrons. The van der Waals surface area contributed by atoms with Crippen LogP contribution < -0.4 is 10.5 Å². The number of rotatable bonds is 6. The highest BCUT2D eigenvalue weighted by Crippen LogP contribution is 2.15. The molecule has 0 aliphatic carbocycles. The highest BCUT2D eigenvalue weighted by atomic mass is 79.9. The zero-order valence-corrected chi connectivity index (χ0v) is 13.8. The zero-order chi connectivity index (χ0) is 15.3. The maximum atomic E-state index is 11.2. The summed E-state index contributed by atoms with van der Waals surface area (Å²) >= 11 is 3.51. The number of sulfonamides is 1. The Kier molecular flexibility index (Phi) is 5.52. The van der Waals surface area contributed by atoms with Gasteiger partial charge in [-0.15, -0.1) is 0 Å². The van der Waals surface area contributed by atoms with Crippen molar-refractivity contribution < 1.29 is 8.42 Å². The molecule has 0 unspecified atom stereocenters. The number of hydrogen-bond acceptors (Lipinski definition) is 3. The molecule has 0 aromatic heterocycles.